The highest BCUT2D eigenvalue weighted by Crippen LogP contribution is 2.23. The first-order valence-electron chi connectivity index (χ1n) is 6.51. The molecule has 1 aliphatic heterocycles. The molecule has 1 fully saturated rings. The molecule has 2 rings (SSSR count). The monoisotopic (exact) mass is 336 g/mol. The lowest BCUT2D eigenvalue weighted by molar-refractivity contribution is -0.125. The first-order valence-corrected chi connectivity index (χ1v) is 7.27. The molecule has 1 saturated heterocycles. The Morgan fingerprint density at radius 3 is 2.85 bits per heavy atom. The van der Waals surface area contributed by atoms with E-state index in [1.807, 2.05) is 13.0 Å². The Labute approximate surface area is 135 Å². The molecule has 0 spiro atoms. The van der Waals surface area contributed by atoms with Crippen molar-refractivity contribution in [3.8, 4) is 0 Å². The zero-order valence-corrected chi connectivity index (χ0v) is 13.6. The summed E-state index contributed by atoms with van der Waals surface area (Å²) in [5, 5.41) is 7.52. The van der Waals surface area contributed by atoms with Crippen LogP contribution in [0.25, 0.3) is 0 Å². The van der Waals surface area contributed by atoms with E-state index in [1.165, 1.54) is 0 Å². The maximum Gasteiger partial charge on any atom is 0.223 e. The first-order chi connectivity index (χ1) is 9.06. The van der Waals surface area contributed by atoms with Gasteiger partial charge in [0.15, 0.2) is 0 Å². The highest BCUT2D eigenvalue weighted by atomic mass is 35.5. The van der Waals surface area contributed by atoms with Gasteiger partial charge in [0, 0.05) is 28.5 Å². The van der Waals surface area contributed by atoms with Crippen LogP contribution in [0.5, 0.6) is 0 Å². The van der Waals surface area contributed by atoms with E-state index in [1.54, 1.807) is 12.1 Å². The van der Waals surface area contributed by atoms with E-state index in [-0.39, 0.29) is 30.3 Å². The van der Waals surface area contributed by atoms with Crippen molar-refractivity contribution in [2.75, 3.05) is 13.1 Å². The van der Waals surface area contributed by atoms with Gasteiger partial charge in [-0.1, -0.05) is 36.2 Å². The first kappa shape index (κ1) is 17.6. The number of benzene rings is 1. The van der Waals surface area contributed by atoms with Crippen molar-refractivity contribution in [1.82, 2.24) is 10.6 Å². The van der Waals surface area contributed by atoms with Gasteiger partial charge < -0.3 is 10.6 Å². The van der Waals surface area contributed by atoms with Gasteiger partial charge in [0.25, 0.3) is 0 Å². The fourth-order valence-corrected chi connectivity index (χ4v) is 2.72. The number of hydrogen-bond acceptors (Lipinski definition) is 2. The number of halogens is 3. The third-order valence-electron chi connectivity index (χ3n) is 3.40. The highest BCUT2D eigenvalue weighted by Gasteiger charge is 2.21. The quantitative estimate of drug-likeness (QED) is 0.886. The van der Waals surface area contributed by atoms with Crippen molar-refractivity contribution in [3.05, 3.63) is 33.8 Å². The van der Waals surface area contributed by atoms with Gasteiger partial charge >= 0.3 is 0 Å². The Balaban J connectivity index is 0.00000200. The molecule has 3 nitrogen and oxygen atoms in total. The minimum absolute atomic E-state index is 0. The molecule has 20 heavy (non-hydrogen) atoms. The van der Waals surface area contributed by atoms with E-state index in [4.69, 9.17) is 23.2 Å². The van der Waals surface area contributed by atoms with Gasteiger partial charge in [0.1, 0.15) is 0 Å². The molecule has 6 heteroatoms. The fourth-order valence-electron chi connectivity index (χ4n) is 2.23. The van der Waals surface area contributed by atoms with Crippen molar-refractivity contribution in [1.29, 1.82) is 0 Å². The van der Waals surface area contributed by atoms with Crippen LogP contribution in [0, 0.1) is 5.92 Å². The molecule has 0 saturated carbocycles. The normalized spacial score (nSPS) is 19.2. The fraction of sp³-hybridized carbons (Fsp3) is 0.500. The molecule has 2 unspecified atom stereocenters. The Kier molecular flexibility index (Phi) is 7.10. The van der Waals surface area contributed by atoms with Gasteiger partial charge in [0.2, 0.25) is 5.91 Å². The van der Waals surface area contributed by atoms with Crippen molar-refractivity contribution < 1.29 is 4.79 Å². The second-order valence-electron chi connectivity index (χ2n) is 5.04. The smallest absolute Gasteiger partial charge is 0.223 e. The summed E-state index contributed by atoms with van der Waals surface area (Å²) >= 11 is 12.0. The van der Waals surface area contributed by atoms with Gasteiger partial charge in [0.05, 0.1) is 0 Å². The summed E-state index contributed by atoms with van der Waals surface area (Å²) in [6, 6.07) is 5.65. The summed E-state index contributed by atoms with van der Waals surface area (Å²) in [5.74, 6) is -0.0148. The molecule has 0 aliphatic carbocycles. The molecule has 0 radical (unpaired) electrons. The lowest BCUT2D eigenvalue weighted by Gasteiger charge is -2.16. The molecular weight excluding hydrogens is 319 g/mol. The second kappa shape index (κ2) is 8.08. The Morgan fingerprint density at radius 2 is 2.25 bits per heavy atom. The zero-order chi connectivity index (χ0) is 13.8. The highest BCUT2D eigenvalue weighted by molar-refractivity contribution is 6.35. The molecular formula is C14H19Cl3N2O. The standard InChI is InChI=1S/C14H18Cl2N2O.ClH/c1-9(14(19)18-12-4-5-17-8-12)6-10-2-3-11(15)7-13(10)16;/h2-3,7,9,12,17H,4-6,8H2,1H3,(H,18,19);1H. The number of carbonyl (C=O) groups is 1. The molecule has 0 aromatic heterocycles. The van der Waals surface area contributed by atoms with E-state index >= 15 is 0 Å². The largest absolute Gasteiger partial charge is 0.352 e. The molecule has 1 aromatic carbocycles. The summed E-state index contributed by atoms with van der Waals surface area (Å²) in [6.45, 7) is 3.76. The Morgan fingerprint density at radius 1 is 1.50 bits per heavy atom. The second-order valence-corrected chi connectivity index (χ2v) is 5.88. The van der Waals surface area contributed by atoms with E-state index in [0.717, 1.165) is 25.1 Å². The molecule has 112 valence electrons. The maximum absolute atomic E-state index is 12.1. The molecule has 2 N–H and O–H groups in total. The van der Waals surface area contributed by atoms with Crippen molar-refractivity contribution in [3.63, 3.8) is 0 Å². The van der Waals surface area contributed by atoms with E-state index in [2.05, 4.69) is 10.6 Å². The lowest BCUT2D eigenvalue weighted by atomic mass is 10.00. The number of amides is 1. The minimum Gasteiger partial charge on any atom is -0.352 e. The summed E-state index contributed by atoms with van der Waals surface area (Å²) in [5.41, 5.74) is 0.957. The SMILES string of the molecule is CC(Cc1ccc(Cl)cc1Cl)C(=O)NC1CCNC1.Cl. The molecule has 1 heterocycles. The topological polar surface area (TPSA) is 41.1 Å². The van der Waals surface area contributed by atoms with E-state index < -0.39 is 0 Å². The average Bonchev–Trinajstić information content (AvgIpc) is 2.85. The summed E-state index contributed by atoms with van der Waals surface area (Å²) in [6.07, 6.45) is 1.63. The van der Waals surface area contributed by atoms with Gasteiger partial charge in [-0.2, -0.15) is 0 Å². The molecule has 0 bridgehead atoms. The van der Waals surface area contributed by atoms with Crippen molar-refractivity contribution in [2.45, 2.75) is 25.8 Å². The van der Waals surface area contributed by atoms with Crippen LogP contribution in [0.4, 0.5) is 0 Å². The summed E-state index contributed by atoms with van der Waals surface area (Å²) in [7, 11) is 0. The molecule has 1 aliphatic rings. The van der Waals surface area contributed by atoms with Crippen LogP contribution in [0.2, 0.25) is 10.0 Å². The van der Waals surface area contributed by atoms with Crippen LogP contribution in [0.15, 0.2) is 18.2 Å². The maximum atomic E-state index is 12.1. The Hall–Kier alpha value is -0.480. The van der Waals surface area contributed by atoms with Crippen LogP contribution in [0.1, 0.15) is 18.9 Å². The number of rotatable bonds is 4. The van der Waals surface area contributed by atoms with Gasteiger partial charge in [-0.15, -0.1) is 12.4 Å². The molecule has 1 aromatic rings. The average molecular weight is 338 g/mol. The predicted octanol–water partition coefficient (Wildman–Crippen LogP) is 3.07. The van der Waals surface area contributed by atoms with Crippen LogP contribution in [0.3, 0.4) is 0 Å². The van der Waals surface area contributed by atoms with Gasteiger partial charge in [-0.3, -0.25) is 4.79 Å². The van der Waals surface area contributed by atoms with Crippen molar-refractivity contribution >= 4 is 41.5 Å². The van der Waals surface area contributed by atoms with Crippen LogP contribution in [-0.2, 0) is 11.2 Å². The minimum atomic E-state index is -0.0979. The summed E-state index contributed by atoms with van der Waals surface area (Å²) in [4.78, 5) is 12.1. The van der Waals surface area contributed by atoms with Crippen LogP contribution >= 0.6 is 35.6 Å². The van der Waals surface area contributed by atoms with Crippen LogP contribution in [-0.4, -0.2) is 25.0 Å². The van der Waals surface area contributed by atoms with Crippen LogP contribution < -0.4 is 10.6 Å². The third-order valence-corrected chi connectivity index (χ3v) is 3.98. The number of nitrogens with one attached hydrogen (secondary N) is 2. The lowest BCUT2D eigenvalue weighted by Crippen LogP contribution is -2.39. The number of carbonyl (C=O) groups excluding carboxylic acids is 1. The van der Waals surface area contributed by atoms with E-state index in [0.29, 0.717) is 16.5 Å². The Bertz CT molecular complexity index is 462. The third kappa shape index (κ3) is 4.81. The molecule has 1 amide bonds. The van der Waals surface area contributed by atoms with Gasteiger partial charge in [-0.25, -0.2) is 0 Å². The van der Waals surface area contributed by atoms with E-state index in [9.17, 15) is 4.79 Å². The summed E-state index contributed by atoms with van der Waals surface area (Å²) < 4.78 is 0. The zero-order valence-electron chi connectivity index (χ0n) is 11.3. The van der Waals surface area contributed by atoms with Crippen molar-refractivity contribution in [2.24, 2.45) is 5.92 Å². The predicted molar refractivity (Wildman–Crippen MR) is 86.0 cm³/mol. The number of hydrogen-bond donors (Lipinski definition) is 2. The molecule has 2 atom stereocenters. The van der Waals surface area contributed by atoms with Gasteiger partial charge in [-0.05, 0) is 37.1 Å².